The number of amides is 2. The number of anilines is 1. The number of rotatable bonds is 5. The summed E-state index contributed by atoms with van der Waals surface area (Å²) in [5.41, 5.74) is 2.92. The molecule has 1 aromatic carbocycles. The average Bonchev–Trinajstić information content (AvgIpc) is 2.79. The van der Waals surface area contributed by atoms with Crippen LogP contribution in [-0.2, 0) is 22.4 Å². The quantitative estimate of drug-likeness (QED) is 0.712. The van der Waals surface area contributed by atoms with Gasteiger partial charge in [-0.15, -0.1) is 0 Å². The molecule has 32 heavy (non-hydrogen) atoms. The first kappa shape index (κ1) is 22.4. The topological polar surface area (TPSA) is 66.4 Å². The van der Waals surface area contributed by atoms with Gasteiger partial charge in [0.25, 0.3) is 0 Å². The number of carbonyl (C=O) groups is 2. The Morgan fingerprint density at radius 2 is 1.94 bits per heavy atom. The second-order valence-corrected chi connectivity index (χ2v) is 9.17. The molecule has 1 fully saturated rings. The number of benzene rings is 1. The first-order chi connectivity index (χ1) is 15.3. The van der Waals surface area contributed by atoms with Gasteiger partial charge in [-0.2, -0.15) is 0 Å². The van der Waals surface area contributed by atoms with Crippen molar-refractivity contribution in [1.82, 2.24) is 14.9 Å². The van der Waals surface area contributed by atoms with Crippen molar-refractivity contribution >= 4 is 17.6 Å². The summed E-state index contributed by atoms with van der Waals surface area (Å²) >= 11 is 0. The Kier molecular flexibility index (Phi) is 6.53. The lowest BCUT2D eigenvalue weighted by atomic mass is 9.95. The molecule has 4 rings (SSSR count). The molecular weight excluding hydrogens is 407 g/mol. The number of fused-ring (bicyclic) bond motifs is 1. The van der Waals surface area contributed by atoms with Crippen LogP contribution in [0.2, 0.25) is 0 Å². The van der Waals surface area contributed by atoms with E-state index >= 15 is 0 Å². The van der Waals surface area contributed by atoms with Gasteiger partial charge in [0, 0.05) is 49.1 Å². The smallest absolute Gasteiger partial charge is 0.228 e. The first-order valence-corrected chi connectivity index (χ1v) is 11.5. The highest BCUT2D eigenvalue weighted by atomic mass is 19.1. The van der Waals surface area contributed by atoms with Crippen LogP contribution in [0.5, 0.6) is 0 Å². The number of carbonyl (C=O) groups excluding carboxylic acids is 2. The summed E-state index contributed by atoms with van der Waals surface area (Å²) in [7, 11) is 0. The fraction of sp³-hybridized carbons (Fsp3) is 0.520. The zero-order valence-corrected chi connectivity index (χ0v) is 19.1. The number of likely N-dealkylation sites (tertiary alicyclic amines) is 1. The zero-order chi connectivity index (χ0) is 22.8. The van der Waals surface area contributed by atoms with Crippen LogP contribution < -0.4 is 4.90 Å². The Morgan fingerprint density at radius 1 is 1.19 bits per heavy atom. The molecule has 0 saturated carbocycles. The first-order valence-electron chi connectivity index (χ1n) is 11.5. The Bertz CT molecular complexity index is 1010. The maximum absolute atomic E-state index is 13.2. The number of piperidine rings is 1. The standard InChI is InChI=1S/C25H31FN4O2/c1-16(2)25(32)29-13-4-5-19(15-29)23-27-17(3)21-10-11-22(31)30(24(21)28-23)14-12-18-6-8-20(26)9-7-18/h6-9,16,19H,4-5,10-15H2,1-3H3. The van der Waals surface area contributed by atoms with E-state index in [2.05, 4.69) is 0 Å². The molecule has 1 unspecified atom stereocenters. The summed E-state index contributed by atoms with van der Waals surface area (Å²) in [6.45, 7) is 7.73. The minimum atomic E-state index is -0.265. The summed E-state index contributed by atoms with van der Waals surface area (Å²) in [4.78, 5) is 38.7. The van der Waals surface area contributed by atoms with Crippen molar-refractivity contribution in [2.75, 3.05) is 24.5 Å². The van der Waals surface area contributed by atoms with Crippen molar-refractivity contribution in [2.24, 2.45) is 5.92 Å². The van der Waals surface area contributed by atoms with Crippen LogP contribution in [0.15, 0.2) is 24.3 Å². The van der Waals surface area contributed by atoms with Gasteiger partial charge in [-0.3, -0.25) is 14.5 Å². The van der Waals surface area contributed by atoms with E-state index in [9.17, 15) is 14.0 Å². The molecule has 0 aliphatic carbocycles. The molecule has 0 spiro atoms. The summed E-state index contributed by atoms with van der Waals surface area (Å²) in [6, 6.07) is 6.39. The van der Waals surface area contributed by atoms with Gasteiger partial charge in [-0.1, -0.05) is 26.0 Å². The van der Waals surface area contributed by atoms with Crippen molar-refractivity contribution in [3.05, 3.63) is 52.7 Å². The summed E-state index contributed by atoms with van der Waals surface area (Å²) < 4.78 is 13.2. The van der Waals surface area contributed by atoms with Gasteiger partial charge in [0.05, 0.1) is 0 Å². The average molecular weight is 439 g/mol. The van der Waals surface area contributed by atoms with Crippen LogP contribution in [0, 0.1) is 18.7 Å². The molecule has 0 N–H and O–H groups in total. The van der Waals surface area contributed by atoms with E-state index in [4.69, 9.17) is 9.97 Å². The van der Waals surface area contributed by atoms with Gasteiger partial charge >= 0.3 is 0 Å². The molecular formula is C25H31FN4O2. The molecule has 2 amide bonds. The van der Waals surface area contributed by atoms with E-state index in [-0.39, 0.29) is 29.5 Å². The third kappa shape index (κ3) is 4.66. The van der Waals surface area contributed by atoms with E-state index in [1.54, 1.807) is 17.0 Å². The van der Waals surface area contributed by atoms with Crippen LogP contribution in [0.1, 0.15) is 61.7 Å². The number of aromatic nitrogens is 2. The van der Waals surface area contributed by atoms with E-state index < -0.39 is 0 Å². The highest BCUT2D eigenvalue weighted by Crippen LogP contribution is 2.32. The molecule has 2 aliphatic heterocycles. The summed E-state index contributed by atoms with van der Waals surface area (Å²) in [6.07, 6.45) is 3.58. The van der Waals surface area contributed by atoms with Gasteiger partial charge in [-0.05, 0) is 50.3 Å². The van der Waals surface area contributed by atoms with Gasteiger partial charge in [-0.25, -0.2) is 14.4 Å². The second kappa shape index (κ2) is 9.35. The Labute approximate surface area is 188 Å². The fourth-order valence-electron chi connectivity index (χ4n) is 4.66. The van der Waals surface area contributed by atoms with Crippen LogP contribution in [0.4, 0.5) is 10.2 Å². The van der Waals surface area contributed by atoms with Crippen LogP contribution in [0.3, 0.4) is 0 Å². The lowest BCUT2D eigenvalue weighted by molar-refractivity contribution is -0.135. The lowest BCUT2D eigenvalue weighted by Gasteiger charge is -2.34. The minimum Gasteiger partial charge on any atom is -0.342 e. The van der Waals surface area contributed by atoms with Gasteiger partial charge in [0.2, 0.25) is 11.8 Å². The van der Waals surface area contributed by atoms with Crippen molar-refractivity contribution < 1.29 is 14.0 Å². The Hall–Kier alpha value is -2.83. The molecule has 3 heterocycles. The van der Waals surface area contributed by atoms with Crippen molar-refractivity contribution in [1.29, 1.82) is 0 Å². The molecule has 1 aromatic heterocycles. The number of nitrogens with zero attached hydrogens (tertiary/aromatic N) is 4. The maximum atomic E-state index is 13.2. The highest BCUT2D eigenvalue weighted by molar-refractivity contribution is 5.95. The number of aryl methyl sites for hydroxylation is 1. The fourth-order valence-corrected chi connectivity index (χ4v) is 4.66. The van der Waals surface area contributed by atoms with Gasteiger partial charge in [0.15, 0.2) is 0 Å². The molecule has 7 heteroatoms. The molecule has 6 nitrogen and oxygen atoms in total. The number of hydrogen-bond acceptors (Lipinski definition) is 4. The predicted molar refractivity (Wildman–Crippen MR) is 121 cm³/mol. The van der Waals surface area contributed by atoms with Crippen molar-refractivity contribution in [3.63, 3.8) is 0 Å². The Morgan fingerprint density at radius 3 is 2.66 bits per heavy atom. The van der Waals surface area contributed by atoms with E-state index in [0.717, 1.165) is 42.0 Å². The third-order valence-electron chi connectivity index (χ3n) is 6.48. The Balaban J connectivity index is 1.58. The molecule has 1 saturated heterocycles. The van der Waals surface area contributed by atoms with Crippen LogP contribution in [0.25, 0.3) is 0 Å². The van der Waals surface area contributed by atoms with Gasteiger partial charge < -0.3 is 4.90 Å². The largest absolute Gasteiger partial charge is 0.342 e. The number of hydrogen-bond donors (Lipinski definition) is 0. The van der Waals surface area contributed by atoms with Crippen molar-refractivity contribution in [2.45, 2.75) is 58.8 Å². The number of halogens is 1. The summed E-state index contributed by atoms with van der Waals surface area (Å²) in [5, 5.41) is 0. The lowest BCUT2D eigenvalue weighted by Crippen LogP contribution is -2.42. The van der Waals surface area contributed by atoms with Crippen LogP contribution in [-0.4, -0.2) is 46.3 Å². The molecule has 2 aliphatic rings. The van der Waals surface area contributed by atoms with E-state index in [0.29, 0.717) is 38.2 Å². The SMILES string of the molecule is Cc1nc(C2CCCN(C(=O)C(C)C)C2)nc2c1CCC(=O)N2CCc1ccc(F)cc1. The normalized spacial score (nSPS) is 18.8. The molecule has 0 radical (unpaired) electrons. The van der Waals surface area contributed by atoms with E-state index in [1.807, 2.05) is 25.7 Å². The molecule has 0 bridgehead atoms. The minimum absolute atomic E-state index is 0.0282. The predicted octanol–water partition coefficient (Wildman–Crippen LogP) is 3.81. The summed E-state index contributed by atoms with van der Waals surface area (Å²) in [5.74, 6) is 1.44. The van der Waals surface area contributed by atoms with E-state index in [1.165, 1.54) is 12.1 Å². The zero-order valence-electron chi connectivity index (χ0n) is 19.1. The molecule has 170 valence electrons. The van der Waals surface area contributed by atoms with Crippen LogP contribution >= 0.6 is 0 Å². The monoisotopic (exact) mass is 438 g/mol. The highest BCUT2D eigenvalue weighted by Gasteiger charge is 2.32. The second-order valence-electron chi connectivity index (χ2n) is 9.17. The molecule has 1 atom stereocenters. The van der Waals surface area contributed by atoms with Crippen molar-refractivity contribution in [3.8, 4) is 0 Å². The molecule has 2 aromatic rings. The maximum Gasteiger partial charge on any atom is 0.228 e. The van der Waals surface area contributed by atoms with Gasteiger partial charge in [0.1, 0.15) is 17.5 Å². The third-order valence-corrected chi connectivity index (χ3v) is 6.48.